The minimum atomic E-state index is -3.45. The van der Waals surface area contributed by atoms with Crippen LogP contribution in [0, 0.1) is 5.92 Å². The zero-order valence-electron chi connectivity index (χ0n) is 15.4. The minimum Gasteiger partial charge on any atom is -0.341 e. The summed E-state index contributed by atoms with van der Waals surface area (Å²) in [4.78, 5) is 15.0. The summed E-state index contributed by atoms with van der Waals surface area (Å²) in [7, 11) is -0.338. The predicted octanol–water partition coefficient (Wildman–Crippen LogP) is 1.41. The molecule has 8 heteroatoms. The standard InChI is InChI=1S/C17H28N4O3S/c1-13(2)20-9-5-6-16(20)17(22)21-11-14-7-8-15(21)12-19(10-14)25(23,24)18(3)4/h5-6,9,13-15H,7-8,10-12H2,1-4H3/t14-,15+/m1/s1. The zero-order valence-corrected chi connectivity index (χ0v) is 16.2. The number of nitrogens with zero attached hydrogens (tertiary/aromatic N) is 4. The van der Waals surface area contributed by atoms with Gasteiger partial charge in [-0.25, -0.2) is 0 Å². The molecular weight excluding hydrogens is 340 g/mol. The minimum absolute atomic E-state index is 0.0116. The number of piperidine rings is 1. The van der Waals surface area contributed by atoms with Crippen LogP contribution in [0.2, 0.25) is 0 Å². The van der Waals surface area contributed by atoms with E-state index in [1.807, 2.05) is 27.8 Å². The zero-order chi connectivity index (χ0) is 18.4. The lowest BCUT2D eigenvalue weighted by atomic mass is 9.94. The third-order valence-corrected chi connectivity index (χ3v) is 7.16. The number of fused-ring (bicyclic) bond motifs is 4. The van der Waals surface area contributed by atoms with Crippen LogP contribution in [0.4, 0.5) is 0 Å². The van der Waals surface area contributed by atoms with Crippen LogP contribution in [-0.2, 0) is 10.2 Å². The van der Waals surface area contributed by atoms with E-state index < -0.39 is 10.2 Å². The Morgan fingerprint density at radius 2 is 1.92 bits per heavy atom. The Hall–Kier alpha value is -1.38. The van der Waals surface area contributed by atoms with Crippen molar-refractivity contribution in [1.29, 1.82) is 0 Å². The molecule has 3 aliphatic heterocycles. The molecule has 4 rings (SSSR count). The second-order valence-electron chi connectivity index (χ2n) is 7.56. The van der Waals surface area contributed by atoms with Gasteiger partial charge in [-0.2, -0.15) is 17.0 Å². The average Bonchev–Trinajstić information content (AvgIpc) is 2.86. The number of hydrogen-bond acceptors (Lipinski definition) is 3. The van der Waals surface area contributed by atoms with Gasteiger partial charge in [-0.05, 0) is 44.7 Å². The van der Waals surface area contributed by atoms with E-state index in [4.69, 9.17) is 0 Å². The van der Waals surface area contributed by atoms with E-state index in [1.165, 1.54) is 4.31 Å². The molecule has 3 fully saturated rings. The number of rotatable bonds is 4. The second-order valence-corrected chi connectivity index (χ2v) is 9.70. The molecule has 0 spiro atoms. The second kappa shape index (κ2) is 6.74. The molecule has 3 saturated heterocycles. The molecule has 2 bridgehead atoms. The van der Waals surface area contributed by atoms with Gasteiger partial charge in [0.1, 0.15) is 5.69 Å². The van der Waals surface area contributed by atoms with Crippen molar-refractivity contribution in [3.05, 3.63) is 24.0 Å². The van der Waals surface area contributed by atoms with Crippen LogP contribution in [0.15, 0.2) is 18.3 Å². The third-order valence-electron chi connectivity index (χ3n) is 5.28. The fourth-order valence-corrected chi connectivity index (χ4v) is 5.10. The van der Waals surface area contributed by atoms with Gasteiger partial charge in [0, 0.05) is 52.0 Å². The first-order valence-electron chi connectivity index (χ1n) is 8.87. The lowest BCUT2D eigenvalue weighted by Gasteiger charge is -2.36. The topological polar surface area (TPSA) is 65.9 Å². The van der Waals surface area contributed by atoms with Gasteiger partial charge in [0.05, 0.1) is 0 Å². The molecule has 0 aliphatic carbocycles. The Morgan fingerprint density at radius 3 is 2.56 bits per heavy atom. The summed E-state index contributed by atoms with van der Waals surface area (Å²) < 4.78 is 29.9. The van der Waals surface area contributed by atoms with Crippen LogP contribution in [0.25, 0.3) is 0 Å². The van der Waals surface area contributed by atoms with Crippen LogP contribution < -0.4 is 0 Å². The van der Waals surface area contributed by atoms with E-state index in [2.05, 4.69) is 13.8 Å². The maximum absolute atomic E-state index is 13.1. The van der Waals surface area contributed by atoms with Gasteiger partial charge in [-0.3, -0.25) is 4.79 Å². The Bertz CT molecular complexity index is 741. The van der Waals surface area contributed by atoms with Crippen molar-refractivity contribution in [2.24, 2.45) is 5.92 Å². The van der Waals surface area contributed by atoms with Crippen molar-refractivity contribution in [3.8, 4) is 0 Å². The van der Waals surface area contributed by atoms with E-state index >= 15 is 0 Å². The molecule has 0 N–H and O–H groups in total. The van der Waals surface area contributed by atoms with Crippen molar-refractivity contribution < 1.29 is 13.2 Å². The number of aromatic nitrogens is 1. The normalized spacial score (nSPS) is 25.0. The first kappa shape index (κ1) is 18.4. The Morgan fingerprint density at radius 1 is 1.20 bits per heavy atom. The molecule has 0 radical (unpaired) electrons. The van der Waals surface area contributed by atoms with Crippen LogP contribution in [0.5, 0.6) is 0 Å². The molecule has 2 atom stereocenters. The highest BCUT2D eigenvalue weighted by molar-refractivity contribution is 7.86. The van der Waals surface area contributed by atoms with E-state index in [0.29, 0.717) is 25.3 Å². The predicted molar refractivity (Wildman–Crippen MR) is 96.5 cm³/mol. The first-order valence-corrected chi connectivity index (χ1v) is 10.3. The van der Waals surface area contributed by atoms with E-state index in [1.54, 1.807) is 18.4 Å². The molecule has 0 aromatic carbocycles. The van der Waals surface area contributed by atoms with Crippen molar-refractivity contribution in [2.75, 3.05) is 33.7 Å². The van der Waals surface area contributed by atoms with E-state index in [0.717, 1.165) is 12.8 Å². The van der Waals surface area contributed by atoms with Gasteiger partial charge in [0.25, 0.3) is 16.1 Å². The summed E-state index contributed by atoms with van der Waals surface area (Å²) in [6, 6.07) is 3.90. The maximum Gasteiger partial charge on any atom is 0.281 e. The molecule has 1 amide bonds. The quantitative estimate of drug-likeness (QED) is 0.807. The van der Waals surface area contributed by atoms with Crippen molar-refractivity contribution >= 4 is 16.1 Å². The molecule has 25 heavy (non-hydrogen) atoms. The average molecular weight is 369 g/mol. The van der Waals surface area contributed by atoms with E-state index in [-0.39, 0.29) is 23.9 Å². The molecule has 0 saturated carbocycles. The van der Waals surface area contributed by atoms with E-state index in [9.17, 15) is 13.2 Å². The highest BCUT2D eigenvalue weighted by atomic mass is 32.2. The Labute approximate surface area is 150 Å². The van der Waals surface area contributed by atoms with Crippen LogP contribution in [-0.4, -0.2) is 72.2 Å². The number of amides is 1. The van der Waals surface area contributed by atoms with Crippen molar-refractivity contribution in [2.45, 2.75) is 38.8 Å². The van der Waals surface area contributed by atoms with Crippen molar-refractivity contribution in [3.63, 3.8) is 0 Å². The highest BCUT2D eigenvalue weighted by Gasteiger charge is 2.41. The smallest absolute Gasteiger partial charge is 0.281 e. The van der Waals surface area contributed by atoms with Gasteiger partial charge in [-0.1, -0.05) is 0 Å². The molecule has 4 heterocycles. The van der Waals surface area contributed by atoms with Crippen LogP contribution >= 0.6 is 0 Å². The summed E-state index contributed by atoms with van der Waals surface area (Å²) in [6.45, 7) is 5.61. The molecule has 140 valence electrons. The number of carbonyl (C=O) groups excluding carboxylic acids is 1. The summed E-state index contributed by atoms with van der Waals surface area (Å²) >= 11 is 0. The monoisotopic (exact) mass is 368 g/mol. The van der Waals surface area contributed by atoms with Gasteiger partial charge < -0.3 is 9.47 Å². The lowest BCUT2D eigenvalue weighted by molar-refractivity contribution is 0.0576. The summed E-state index contributed by atoms with van der Waals surface area (Å²) in [5.41, 5.74) is 0.685. The summed E-state index contributed by atoms with van der Waals surface area (Å²) in [6.07, 6.45) is 3.76. The first-order chi connectivity index (χ1) is 11.7. The largest absolute Gasteiger partial charge is 0.341 e. The van der Waals surface area contributed by atoms with Gasteiger partial charge in [0.15, 0.2) is 0 Å². The summed E-state index contributed by atoms with van der Waals surface area (Å²) in [5.74, 6) is 0.206. The SMILES string of the molecule is CC(C)n1cccc1C(=O)N1C[C@@H]2CC[C@H]1CN(S(=O)(=O)N(C)C)C2. The molecule has 7 nitrogen and oxygen atoms in total. The molecule has 1 aromatic heterocycles. The lowest BCUT2D eigenvalue weighted by Crippen LogP contribution is -2.49. The molecule has 0 unspecified atom stereocenters. The molecule has 1 aromatic rings. The fraction of sp³-hybridized carbons (Fsp3) is 0.706. The van der Waals surface area contributed by atoms with Gasteiger partial charge in [0.2, 0.25) is 0 Å². The van der Waals surface area contributed by atoms with Crippen LogP contribution in [0.3, 0.4) is 0 Å². The van der Waals surface area contributed by atoms with Crippen LogP contribution in [0.1, 0.15) is 43.2 Å². The highest BCUT2D eigenvalue weighted by Crippen LogP contribution is 2.31. The number of carbonyl (C=O) groups is 1. The van der Waals surface area contributed by atoms with Gasteiger partial charge in [-0.15, -0.1) is 0 Å². The maximum atomic E-state index is 13.1. The third kappa shape index (κ3) is 3.35. The fourth-order valence-electron chi connectivity index (χ4n) is 3.88. The van der Waals surface area contributed by atoms with Crippen molar-refractivity contribution in [1.82, 2.24) is 18.1 Å². The molecule has 3 aliphatic rings. The number of hydrogen-bond donors (Lipinski definition) is 0. The molecular formula is C17H28N4O3S. The Balaban J connectivity index is 1.86. The van der Waals surface area contributed by atoms with Gasteiger partial charge >= 0.3 is 0 Å². The Kier molecular flexibility index (Phi) is 4.96. The summed E-state index contributed by atoms with van der Waals surface area (Å²) in [5, 5.41) is 0.